The zero-order valence-corrected chi connectivity index (χ0v) is 12.7. The second-order valence-electron chi connectivity index (χ2n) is 6.04. The highest BCUT2D eigenvalue weighted by molar-refractivity contribution is 5.78. The third kappa shape index (κ3) is 3.60. The fourth-order valence-corrected chi connectivity index (χ4v) is 2.97. The molecule has 1 aromatic rings. The van der Waals surface area contributed by atoms with Crippen molar-refractivity contribution in [2.75, 3.05) is 26.7 Å². The molecule has 1 aliphatic rings. The Hall–Kier alpha value is -1.35. The molecule has 2 unspecified atom stereocenters. The van der Waals surface area contributed by atoms with Crippen LogP contribution in [0.5, 0.6) is 0 Å². The molecule has 1 aliphatic heterocycles. The molecule has 0 N–H and O–H groups in total. The predicted molar refractivity (Wildman–Crippen MR) is 80.6 cm³/mol. The van der Waals surface area contributed by atoms with Crippen molar-refractivity contribution < 1.29 is 9.53 Å². The van der Waals surface area contributed by atoms with Crippen LogP contribution in [0.1, 0.15) is 31.7 Å². The molecule has 2 rings (SSSR count). The van der Waals surface area contributed by atoms with Crippen molar-refractivity contribution >= 4 is 5.97 Å². The first kappa shape index (κ1) is 15.0. The number of ether oxygens (including phenoxy) is 1. The van der Waals surface area contributed by atoms with Crippen molar-refractivity contribution in [3.63, 3.8) is 0 Å². The van der Waals surface area contributed by atoms with Crippen molar-refractivity contribution in [2.45, 2.75) is 26.2 Å². The van der Waals surface area contributed by atoms with Crippen LogP contribution in [0, 0.1) is 11.8 Å². The fraction of sp³-hybridized carbons (Fsp3) is 0.588. The number of hydrogen-bond acceptors (Lipinski definition) is 3. The molecule has 0 radical (unpaired) electrons. The standard InChI is InChI=1S/C17H25NO2/c1-13(2)15-9-10-18(11-15)12-16(17(19)20-3)14-7-5-4-6-8-14/h4-8,13,15-16H,9-12H2,1-3H3. The molecule has 1 fully saturated rings. The maximum absolute atomic E-state index is 12.1. The summed E-state index contributed by atoms with van der Waals surface area (Å²) in [5.41, 5.74) is 1.05. The lowest BCUT2D eigenvalue weighted by atomic mass is 9.95. The van der Waals surface area contributed by atoms with Gasteiger partial charge in [0.1, 0.15) is 0 Å². The molecule has 1 saturated heterocycles. The van der Waals surface area contributed by atoms with E-state index < -0.39 is 0 Å². The number of rotatable bonds is 5. The monoisotopic (exact) mass is 275 g/mol. The zero-order chi connectivity index (χ0) is 14.5. The predicted octanol–water partition coefficient (Wildman–Crippen LogP) is 2.92. The van der Waals surface area contributed by atoms with E-state index in [0.29, 0.717) is 5.92 Å². The summed E-state index contributed by atoms with van der Waals surface area (Å²) in [5.74, 6) is 1.16. The first-order valence-electron chi connectivity index (χ1n) is 7.47. The van der Waals surface area contributed by atoms with E-state index in [1.807, 2.05) is 30.3 Å². The van der Waals surface area contributed by atoms with E-state index in [0.717, 1.165) is 31.1 Å². The van der Waals surface area contributed by atoms with Gasteiger partial charge in [-0.05, 0) is 30.4 Å². The van der Waals surface area contributed by atoms with Crippen LogP contribution in [0.2, 0.25) is 0 Å². The molecular formula is C17H25NO2. The van der Waals surface area contributed by atoms with Gasteiger partial charge in [-0.3, -0.25) is 4.79 Å². The number of esters is 1. The molecule has 0 spiro atoms. The lowest BCUT2D eigenvalue weighted by Crippen LogP contribution is -2.31. The molecule has 3 heteroatoms. The largest absolute Gasteiger partial charge is 0.469 e. The molecule has 0 saturated carbocycles. The molecule has 0 aromatic heterocycles. The molecule has 20 heavy (non-hydrogen) atoms. The Bertz CT molecular complexity index is 430. The minimum absolute atomic E-state index is 0.135. The molecule has 0 bridgehead atoms. The Morgan fingerprint density at radius 2 is 2.05 bits per heavy atom. The number of carbonyl (C=O) groups excluding carboxylic acids is 1. The Balaban J connectivity index is 2.04. The lowest BCUT2D eigenvalue weighted by Gasteiger charge is -2.23. The summed E-state index contributed by atoms with van der Waals surface area (Å²) in [5, 5.41) is 0. The topological polar surface area (TPSA) is 29.5 Å². The molecule has 3 nitrogen and oxygen atoms in total. The highest BCUT2D eigenvalue weighted by Gasteiger charge is 2.30. The van der Waals surface area contributed by atoms with Crippen molar-refractivity contribution in [1.29, 1.82) is 0 Å². The highest BCUT2D eigenvalue weighted by atomic mass is 16.5. The van der Waals surface area contributed by atoms with Crippen LogP contribution in [0.15, 0.2) is 30.3 Å². The van der Waals surface area contributed by atoms with E-state index in [-0.39, 0.29) is 11.9 Å². The van der Waals surface area contributed by atoms with Crippen LogP contribution in [0.3, 0.4) is 0 Å². The normalized spacial score (nSPS) is 21.1. The summed E-state index contributed by atoms with van der Waals surface area (Å²) >= 11 is 0. The first-order chi connectivity index (χ1) is 9.61. The lowest BCUT2D eigenvalue weighted by molar-refractivity contribution is -0.142. The van der Waals surface area contributed by atoms with Crippen molar-refractivity contribution in [3.05, 3.63) is 35.9 Å². The van der Waals surface area contributed by atoms with E-state index >= 15 is 0 Å². The van der Waals surface area contributed by atoms with Gasteiger partial charge in [-0.15, -0.1) is 0 Å². The van der Waals surface area contributed by atoms with E-state index in [4.69, 9.17) is 4.74 Å². The number of hydrogen-bond donors (Lipinski definition) is 0. The Morgan fingerprint density at radius 3 is 2.60 bits per heavy atom. The van der Waals surface area contributed by atoms with E-state index in [1.165, 1.54) is 13.5 Å². The van der Waals surface area contributed by atoms with Gasteiger partial charge in [-0.1, -0.05) is 44.2 Å². The molecule has 2 atom stereocenters. The fourth-order valence-electron chi connectivity index (χ4n) is 2.97. The summed E-state index contributed by atoms with van der Waals surface area (Å²) in [4.78, 5) is 14.5. The first-order valence-corrected chi connectivity index (χ1v) is 7.47. The van der Waals surface area contributed by atoms with Crippen LogP contribution < -0.4 is 0 Å². The average molecular weight is 275 g/mol. The van der Waals surface area contributed by atoms with Crippen LogP contribution in [-0.4, -0.2) is 37.6 Å². The quantitative estimate of drug-likeness (QED) is 0.774. The molecule has 0 amide bonds. The number of nitrogens with zero attached hydrogens (tertiary/aromatic N) is 1. The number of carbonyl (C=O) groups is 1. The summed E-state index contributed by atoms with van der Waals surface area (Å²) in [7, 11) is 1.47. The third-order valence-corrected chi connectivity index (χ3v) is 4.38. The smallest absolute Gasteiger partial charge is 0.314 e. The summed E-state index contributed by atoms with van der Waals surface area (Å²) < 4.78 is 4.99. The molecular weight excluding hydrogens is 250 g/mol. The Labute approximate surface area is 121 Å². The zero-order valence-electron chi connectivity index (χ0n) is 12.7. The van der Waals surface area contributed by atoms with Gasteiger partial charge >= 0.3 is 5.97 Å². The Morgan fingerprint density at radius 1 is 1.35 bits per heavy atom. The SMILES string of the molecule is COC(=O)C(CN1CCC(C(C)C)C1)c1ccccc1. The maximum atomic E-state index is 12.1. The van der Waals surface area contributed by atoms with E-state index in [2.05, 4.69) is 18.7 Å². The number of methoxy groups -OCH3 is 1. The molecule has 1 heterocycles. The van der Waals surface area contributed by atoms with Crippen molar-refractivity contribution in [3.8, 4) is 0 Å². The molecule has 110 valence electrons. The number of likely N-dealkylation sites (tertiary alicyclic amines) is 1. The van der Waals surface area contributed by atoms with Gasteiger partial charge < -0.3 is 9.64 Å². The van der Waals surface area contributed by atoms with Crippen LogP contribution in [0.4, 0.5) is 0 Å². The summed E-state index contributed by atoms with van der Waals surface area (Å²) in [6.07, 6.45) is 1.24. The second kappa shape index (κ2) is 6.89. The minimum Gasteiger partial charge on any atom is -0.469 e. The van der Waals surface area contributed by atoms with E-state index in [1.54, 1.807) is 0 Å². The average Bonchev–Trinajstić information content (AvgIpc) is 2.94. The minimum atomic E-state index is -0.174. The van der Waals surface area contributed by atoms with Gasteiger partial charge in [0.2, 0.25) is 0 Å². The van der Waals surface area contributed by atoms with Crippen LogP contribution >= 0.6 is 0 Å². The molecule has 1 aromatic carbocycles. The number of benzene rings is 1. The van der Waals surface area contributed by atoms with Crippen molar-refractivity contribution in [2.24, 2.45) is 11.8 Å². The van der Waals surface area contributed by atoms with Gasteiger partial charge in [0, 0.05) is 13.1 Å². The van der Waals surface area contributed by atoms with Crippen LogP contribution in [-0.2, 0) is 9.53 Å². The van der Waals surface area contributed by atoms with Gasteiger partial charge in [0.25, 0.3) is 0 Å². The Kier molecular flexibility index (Phi) is 5.18. The highest BCUT2D eigenvalue weighted by Crippen LogP contribution is 2.27. The van der Waals surface area contributed by atoms with Crippen molar-refractivity contribution in [1.82, 2.24) is 4.90 Å². The van der Waals surface area contributed by atoms with Gasteiger partial charge in [-0.2, -0.15) is 0 Å². The van der Waals surface area contributed by atoms with Gasteiger partial charge in [0.05, 0.1) is 13.0 Å². The van der Waals surface area contributed by atoms with Crippen LogP contribution in [0.25, 0.3) is 0 Å². The second-order valence-corrected chi connectivity index (χ2v) is 6.04. The van der Waals surface area contributed by atoms with E-state index in [9.17, 15) is 4.79 Å². The van der Waals surface area contributed by atoms with Gasteiger partial charge in [-0.25, -0.2) is 0 Å². The summed E-state index contributed by atoms with van der Waals surface area (Å²) in [6, 6.07) is 9.95. The molecule has 0 aliphatic carbocycles. The van der Waals surface area contributed by atoms with Gasteiger partial charge in [0.15, 0.2) is 0 Å². The third-order valence-electron chi connectivity index (χ3n) is 4.38. The summed E-state index contributed by atoms with van der Waals surface area (Å²) in [6.45, 7) is 7.51. The maximum Gasteiger partial charge on any atom is 0.314 e.